The van der Waals surface area contributed by atoms with Gasteiger partial charge in [0.1, 0.15) is 0 Å². The lowest BCUT2D eigenvalue weighted by atomic mass is 10.1. The minimum Gasteiger partial charge on any atom is -0.334 e. The quantitative estimate of drug-likeness (QED) is 0.828. The van der Waals surface area contributed by atoms with Crippen LogP contribution >= 0.6 is 15.9 Å². The van der Waals surface area contributed by atoms with E-state index in [9.17, 15) is 4.79 Å². The lowest BCUT2D eigenvalue weighted by Crippen LogP contribution is -2.52. The zero-order valence-electron chi connectivity index (χ0n) is 11.2. The summed E-state index contributed by atoms with van der Waals surface area (Å²) in [5.74, 6) is 0.0608. The first-order valence-corrected chi connectivity index (χ1v) is 7.74. The van der Waals surface area contributed by atoms with Crippen molar-refractivity contribution < 1.29 is 4.79 Å². The smallest absolute Gasteiger partial charge is 0.275 e. The van der Waals surface area contributed by atoms with Crippen LogP contribution < -0.4 is 0 Å². The highest BCUT2D eigenvalue weighted by Gasteiger charge is 2.33. The van der Waals surface area contributed by atoms with Gasteiger partial charge in [-0.05, 0) is 42.2 Å². The number of carbonyl (C=O) groups is 1. The van der Waals surface area contributed by atoms with E-state index in [4.69, 9.17) is 0 Å². The monoisotopic (exact) mass is 326 g/mol. The summed E-state index contributed by atoms with van der Waals surface area (Å²) in [4.78, 5) is 17.0. The summed E-state index contributed by atoms with van der Waals surface area (Å²) >= 11 is 3.44. The maximum Gasteiger partial charge on any atom is 0.275 e. The summed E-state index contributed by atoms with van der Waals surface area (Å²) in [6.07, 6.45) is 4.36. The number of halogens is 1. The fourth-order valence-corrected chi connectivity index (χ4v) is 3.51. The minimum absolute atomic E-state index is 0.0608. The van der Waals surface area contributed by atoms with Crippen molar-refractivity contribution in [2.24, 2.45) is 0 Å². The maximum absolute atomic E-state index is 12.5. The van der Waals surface area contributed by atoms with Crippen molar-refractivity contribution in [1.82, 2.24) is 19.6 Å². The van der Waals surface area contributed by atoms with Crippen molar-refractivity contribution in [3.8, 4) is 0 Å². The standard InChI is InChI=1S/C13H19BrN4O/c1-2-18-9-11(14)12(15-18)13(19)17-7-6-16-5-3-4-10(16)8-17/h9-10H,2-8H2,1H3/t10-/m1/s1. The van der Waals surface area contributed by atoms with Gasteiger partial charge in [-0.1, -0.05) is 0 Å². The zero-order chi connectivity index (χ0) is 13.4. The molecule has 2 fully saturated rings. The van der Waals surface area contributed by atoms with Crippen molar-refractivity contribution in [3.63, 3.8) is 0 Å². The number of aromatic nitrogens is 2. The van der Waals surface area contributed by atoms with E-state index in [1.165, 1.54) is 19.4 Å². The van der Waals surface area contributed by atoms with Gasteiger partial charge in [-0.15, -0.1) is 0 Å². The molecule has 0 N–H and O–H groups in total. The van der Waals surface area contributed by atoms with Crippen LogP contribution in [0.3, 0.4) is 0 Å². The molecule has 0 radical (unpaired) electrons. The Morgan fingerprint density at radius 1 is 1.47 bits per heavy atom. The van der Waals surface area contributed by atoms with Crippen molar-refractivity contribution in [2.45, 2.75) is 32.4 Å². The zero-order valence-corrected chi connectivity index (χ0v) is 12.8. The molecule has 0 saturated carbocycles. The third kappa shape index (κ3) is 2.43. The Bertz CT molecular complexity index is 487. The molecule has 6 heteroatoms. The third-order valence-corrected chi connectivity index (χ3v) is 4.70. The summed E-state index contributed by atoms with van der Waals surface area (Å²) in [6, 6.07) is 0.560. The number of amides is 1. The van der Waals surface area contributed by atoms with Gasteiger partial charge < -0.3 is 4.90 Å². The van der Waals surface area contributed by atoms with E-state index in [-0.39, 0.29) is 5.91 Å². The Morgan fingerprint density at radius 2 is 2.32 bits per heavy atom. The van der Waals surface area contributed by atoms with E-state index >= 15 is 0 Å². The Kier molecular flexibility index (Phi) is 3.62. The van der Waals surface area contributed by atoms with Crippen LogP contribution in [0.5, 0.6) is 0 Å². The predicted octanol–water partition coefficient (Wildman–Crippen LogP) is 1.59. The second kappa shape index (κ2) is 5.25. The van der Waals surface area contributed by atoms with Crippen molar-refractivity contribution in [3.05, 3.63) is 16.4 Å². The highest BCUT2D eigenvalue weighted by Crippen LogP contribution is 2.24. The maximum atomic E-state index is 12.5. The topological polar surface area (TPSA) is 41.4 Å². The van der Waals surface area contributed by atoms with E-state index in [2.05, 4.69) is 25.9 Å². The Morgan fingerprint density at radius 3 is 3.05 bits per heavy atom. The highest BCUT2D eigenvalue weighted by atomic mass is 79.9. The summed E-state index contributed by atoms with van der Waals surface area (Å²) in [5, 5.41) is 4.35. The second-order valence-electron chi connectivity index (χ2n) is 5.26. The summed E-state index contributed by atoms with van der Waals surface area (Å²) < 4.78 is 2.59. The molecule has 1 aromatic heterocycles. The molecular weight excluding hydrogens is 308 g/mol. The number of rotatable bonds is 2. The van der Waals surface area contributed by atoms with E-state index in [1.54, 1.807) is 4.68 Å². The molecule has 3 heterocycles. The second-order valence-corrected chi connectivity index (χ2v) is 6.12. The lowest BCUT2D eigenvalue weighted by Gasteiger charge is -2.37. The number of carbonyl (C=O) groups excluding carboxylic acids is 1. The van der Waals surface area contributed by atoms with E-state index in [0.717, 1.165) is 30.7 Å². The molecule has 0 aliphatic carbocycles. The van der Waals surface area contributed by atoms with Crippen LogP contribution in [-0.4, -0.2) is 57.7 Å². The Balaban J connectivity index is 1.74. The van der Waals surface area contributed by atoms with Crippen LogP contribution in [-0.2, 0) is 6.54 Å². The van der Waals surface area contributed by atoms with E-state index in [0.29, 0.717) is 11.7 Å². The number of hydrogen-bond acceptors (Lipinski definition) is 3. The molecule has 0 bridgehead atoms. The van der Waals surface area contributed by atoms with E-state index in [1.807, 2.05) is 18.0 Å². The predicted molar refractivity (Wildman–Crippen MR) is 76.1 cm³/mol. The molecule has 1 aromatic rings. The number of aryl methyl sites for hydroxylation is 1. The first-order valence-electron chi connectivity index (χ1n) is 6.95. The van der Waals surface area contributed by atoms with Gasteiger partial charge in [0.15, 0.2) is 5.69 Å². The molecule has 0 unspecified atom stereocenters. The molecule has 104 valence electrons. The molecule has 19 heavy (non-hydrogen) atoms. The molecule has 3 rings (SSSR count). The van der Waals surface area contributed by atoms with Crippen molar-refractivity contribution in [2.75, 3.05) is 26.2 Å². The van der Waals surface area contributed by atoms with Gasteiger partial charge in [0, 0.05) is 38.4 Å². The van der Waals surface area contributed by atoms with E-state index < -0.39 is 0 Å². The minimum atomic E-state index is 0.0608. The third-order valence-electron chi connectivity index (χ3n) is 4.12. The molecule has 2 aliphatic rings. The van der Waals surface area contributed by atoms with Crippen LogP contribution in [0.1, 0.15) is 30.3 Å². The van der Waals surface area contributed by atoms with Gasteiger partial charge in [0.05, 0.1) is 4.47 Å². The van der Waals surface area contributed by atoms with Gasteiger partial charge in [0.2, 0.25) is 0 Å². The van der Waals surface area contributed by atoms with Gasteiger partial charge in [-0.2, -0.15) is 5.10 Å². The highest BCUT2D eigenvalue weighted by molar-refractivity contribution is 9.10. The molecule has 1 atom stereocenters. The molecular formula is C13H19BrN4O. The summed E-state index contributed by atoms with van der Waals surface area (Å²) in [6.45, 7) is 6.67. The number of hydrogen-bond donors (Lipinski definition) is 0. The number of nitrogens with zero attached hydrogens (tertiary/aromatic N) is 4. The summed E-state index contributed by atoms with van der Waals surface area (Å²) in [7, 11) is 0. The molecule has 5 nitrogen and oxygen atoms in total. The Hall–Kier alpha value is -0.880. The van der Waals surface area contributed by atoms with Crippen LogP contribution in [0.25, 0.3) is 0 Å². The largest absolute Gasteiger partial charge is 0.334 e. The first kappa shape index (κ1) is 13.1. The van der Waals surface area contributed by atoms with Crippen molar-refractivity contribution >= 4 is 21.8 Å². The van der Waals surface area contributed by atoms with Gasteiger partial charge >= 0.3 is 0 Å². The molecule has 2 aliphatic heterocycles. The summed E-state index contributed by atoms with van der Waals surface area (Å²) in [5.41, 5.74) is 0.549. The van der Waals surface area contributed by atoms with Crippen LogP contribution in [0.2, 0.25) is 0 Å². The van der Waals surface area contributed by atoms with Gasteiger partial charge in [-0.25, -0.2) is 0 Å². The van der Waals surface area contributed by atoms with Crippen LogP contribution in [0, 0.1) is 0 Å². The molecule has 0 aromatic carbocycles. The lowest BCUT2D eigenvalue weighted by molar-refractivity contribution is 0.0564. The van der Waals surface area contributed by atoms with Gasteiger partial charge in [0.25, 0.3) is 5.91 Å². The SMILES string of the molecule is CCn1cc(Br)c(C(=O)N2CCN3CCC[C@@H]3C2)n1. The first-order chi connectivity index (χ1) is 9.19. The molecule has 1 amide bonds. The Labute approximate surface area is 121 Å². The fourth-order valence-electron chi connectivity index (χ4n) is 3.03. The van der Waals surface area contributed by atoms with Crippen LogP contribution in [0.15, 0.2) is 10.7 Å². The van der Waals surface area contributed by atoms with Crippen LogP contribution in [0.4, 0.5) is 0 Å². The number of piperazine rings is 1. The molecule has 2 saturated heterocycles. The number of fused-ring (bicyclic) bond motifs is 1. The molecule has 0 spiro atoms. The average molecular weight is 327 g/mol. The van der Waals surface area contributed by atoms with Gasteiger partial charge in [-0.3, -0.25) is 14.4 Å². The normalized spacial score (nSPS) is 23.7. The van der Waals surface area contributed by atoms with Crippen molar-refractivity contribution in [1.29, 1.82) is 0 Å². The fraction of sp³-hybridized carbons (Fsp3) is 0.692. The average Bonchev–Trinajstić information content (AvgIpc) is 3.02.